The van der Waals surface area contributed by atoms with Crippen LogP contribution in [0.5, 0.6) is 0 Å². The minimum Gasteiger partial charge on any atom is -0.323 e. The van der Waals surface area contributed by atoms with E-state index in [1.54, 1.807) is 19.3 Å². The number of rotatable bonds is 3. The summed E-state index contributed by atoms with van der Waals surface area (Å²) >= 11 is 0. The lowest BCUT2D eigenvalue weighted by atomic mass is 10.2. The average Bonchev–Trinajstić information content (AvgIpc) is 2.22. The van der Waals surface area contributed by atoms with Gasteiger partial charge in [-0.05, 0) is 12.5 Å². The summed E-state index contributed by atoms with van der Waals surface area (Å²) in [5.41, 5.74) is 6.01. The largest absolute Gasteiger partial charge is 0.323 e. The SMILES string of the molecule is CCC(N)C(=O)Nc1ccc(=O)n(C)c1. The Hall–Kier alpha value is -1.62. The van der Waals surface area contributed by atoms with Crippen LogP contribution in [0.15, 0.2) is 23.1 Å². The molecular formula is C10H15N3O2. The molecule has 0 saturated carbocycles. The molecule has 1 aromatic heterocycles. The molecule has 1 rings (SSSR count). The molecule has 5 heteroatoms. The van der Waals surface area contributed by atoms with Crippen LogP contribution in [0.3, 0.4) is 0 Å². The van der Waals surface area contributed by atoms with E-state index < -0.39 is 6.04 Å². The molecule has 0 aliphatic heterocycles. The quantitative estimate of drug-likeness (QED) is 0.739. The van der Waals surface area contributed by atoms with Crippen molar-refractivity contribution < 1.29 is 4.79 Å². The predicted molar refractivity (Wildman–Crippen MR) is 58.6 cm³/mol. The molecule has 1 unspecified atom stereocenters. The molecule has 1 amide bonds. The van der Waals surface area contributed by atoms with Crippen molar-refractivity contribution in [1.82, 2.24) is 4.57 Å². The second kappa shape index (κ2) is 4.75. The molecule has 0 aromatic carbocycles. The van der Waals surface area contributed by atoms with Crippen LogP contribution in [0.2, 0.25) is 0 Å². The van der Waals surface area contributed by atoms with E-state index in [0.29, 0.717) is 12.1 Å². The van der Waals surface area contributed by atoms with Gasteiger partial charge in [0.1, 0.15) is 0 Å². The molecule has 0 radical (unpaired) electrons. The number of hydrogen-bond acceptors (Lipinski definition) is 3. The molecule has 0 aliphatic rings. The first-order valence-electron chi connectivity index (χ1n) is 4.77. The van der Waals surface area contributed by atoms with Crippen molar-refractivity contribution in [3.8, 4) is 0 Å². The summed E-state index contributed by atoms with van der Waals surface area (Å²) in [6.07, 6.45) is 2.14. The molecule has 1 aromatic rings. The fraction of sp³-hybridized carbons (Fsp3) is 0.400. The average molecular weight is 209 g/mol. The number of carbonyl (C=O) groups is 1. The number of nitrogens with zero attached hydrogens (tertiary/aromatic N) is 1. The first-order valence-corrected chi connectivity index (χ1v) is 4.77. The number of carbonyl (C=O) groups excluding carboxylic acids is 1. The Morgan fingerprint density at radius 2 is 2.27 bits per heavy atom. The molecule has 1 heterocycles. The van der Waals surface area contributed by atoms with Crippen molar-refractivity contribution >= 4 is 11.6 Å². The molecule has 0 spiro atoms. The highest BCUT2D eigenvalue weighted by Crippen LogP contribution is 2.03. The number of anilines is 1. The van der Waals surface area contributed by atoms with Crippen LogP contribution >= 0.6 is 0 Å². The summed E-state index contributed by atoms with van der Waals surface area (Å²) in [5.74, 6) is -0.240. The molecule has 0 saturated heterocycles. The van der Waals surface area contributed by atoms with E-state index in [1.807, 2.05) is 6.92 Å². The maximum atomic E-state index is 11.4. The minimum atomic E-state index is -0.512. The van der Waals surface area contributed by atoms with Crippen molar-refractivity contribution in [2.75, 3.05) is 5.32 Å². The lowest BCUT2D eigenvalue weighted by molar-refractivity contribution is -0.117. The van der Waals surface area contributed by atoms with Crippen LogP contribution in [-0.2, 0) is 11.8 Å². The number of hydrogen-bond donors (Lipinski definition) is 2. The normalized spacial score (nSPS) is 12.2. The van der Waals surface area contributed by atoms with Crippen molar-refractivity contribution in [2.24, 2.45) is 12.8 Å². The van der Waals surface area contributed by atoms with Gasteiger partial charge >= 0.3 is 0 Å². The molecule has 0 fully saturated rings. The van der Waals surface area contributed by atoms with Gasteiger partial charge in [0, 0.05) is 19.3 Å². The summed E-state index contributed by atoms with van der Waals surface area (Å²) < 4.78 is 1.40. The Balaban J connectivity index is 2.77. The third-order valence-corrected chi connectivity index (χ3v) is 2.13. The van der Waals surface area contributed by atoms with Crippen LogP contribution in [0, 0.1) is 0 Å². The molecule has 0 bridgehead atoms. The zero-order valence-electron chi connectivity index (χ0n) is 8.86. The van der Waals surface area contributed by atoms with Crippen molar-refractivity contribution in [1.29, 1.82) is 0 Å². The molecule has 15 heavy (non-hydrogen) atoms. The van der Waals surface area contributed by atoms with Crippen molar-refractivity contribution in [3.63, 3.8) is 0 Å². The number of nitrogens with one attached hydrogen (secondary N) is 1. The molecule has 82 valence electrons. The summed E-state index contributed by atoms with van der Waals surface area (Å²) in [6.45, 7) is 1.84. The fourth-order valence-corrected chi connectivity index (χ4v) is 1.09. The van der Waals surface area contributed by atoms with Crippen molar-refractivity contribution in [2.45, 2.75) is 19.4 Å². The predicted octanol–water partition coefficient (Wildman–Crippen LogP) is 0.0611. The van der Waals surface area contributed by atoms with E-state index in [4.69, 9.17) is 5.73 Å². The summed E-state index contributed by atoms with van der Waals surface area (Å²) in [7, 11) is 1.62. The van der Waals surface area contributed by atoms with Crippen LogP contribution in [0.25, 0.3) is 0 Å². The van der Waals surface area contributed by atoms with Crippen LogP contribution in [0.1, 0.15) is 13.3 Å². The van der Waals surface area contributed by atoms with Gasteiger partial charge in [-0.25, -0.2) is 0 Å². The minimum absolute atomic E-state index is 0.118. The van der Waals surface area contributed by atoms with Crippen LogP contribution in [-0.4, -0.2) is 16.5 Å². The topological polar surface area (TPSA) is 77.1 Å². The van der Waals surface area contributed by atoms with E-state index in [-0.39, 0.29) is 11.5 Å². The lowest BCUT2D eigenvalue weighted by Gasteiger charge is -2.10. The van der Waals surface area contributed by atoms with E-state index >= 15 is 0 Å². The first-order chi connectivity index (χ1) is 7.04. The molecule has 0 aliphatic carbocycles. The monoisotopic (exact) mass is 209 g/mol. The molecule has 1 atom stereocenters. The highest BCUT2D eigenvalue weighted by Gasteiger charge is 2.10. The van der Waals surface area contributed by atoms with Gasteiger partial charge in [0.2, 0.25) is 11.5 Å². The summed E-state index contributed by atoms with van der Waals surface area (Å²) in [5, 5.41) is 2.64. The number of amides is 1. The summed E-state index contributed by atoms with van der Waals surface area (Å²) in [4.78, 5) is 22.5. The Bertz CT molecular complexity index is 411. The highest BCUT2D eigenvalue weighted by atomic mass is 16.2. The van der Waals surface area contributed by atoms with Gasteiger partial charge in [-0.1, -0.05) is 6.92 Å². The number of aromatic nitrogens is 1. The van der Waals surface area contributed by atoms with Crippen molar-refractivity contribution in [3.05, 3.63) is 28.7 Å². The summed E-state index contributed by atoms with van der Waals surface area (Å²) in [6, 6.07) is 2.44. The van der Waals surface area contributed by atoms with Crippen LogP contribution in [0.4, 0.5) is 5.69 Å². The Morgan fingerprint density at radius 3 is 2.80 bits per heavy atom. The maximum absolute atomic E-state index is 11.4. The highest BCUT2D eigenvalue weighted by molar-refractivity contribution is 5.94. The van der Waals surface area contributed by atoms with E-state index in [2.05, 4.69) is 5.32 Å². The molecule has 3 N–H and O–H groups in total. The van der Waals surface area contributed by atoms with Gasteiger partial charge < -0.3 is 15.6 Å². The van der Waals surface area contributed by atoms with Gasteiger partial charge in [0.15, 0.2) is 0 Å². The third-order valence-electron chi connectivity index (χ3n) is 2.13. The fourth-order valence-electron chi connectivity index (χ4n) is 1.09. The van der Waals surface area contributed by atoms with Gasteiger partial charge in [-0.3, -0.25) is 9.59 Å². The molecule has 5 nitrogen and oxygen atoms in total. The third kappa shape index (κ3) is 2.92. The zero-order chi connectivity index (χ0) is 11.4. The van der Waals surface area contributed by atoms with Gasteiger partial charge in [0.25, 0.3) is 0 Å². The number of pyridine rings is 1. The maximum Gasteiger partial charge on any atom is 0.250 e. The smallest absolute Gasteiger partial charge is 0.250 e. The number of nitrogens with two attached hydrogens (primary N) is 1. The van der Waals surface area contributed by atoms with Gasteiger partial charge in [-0.15, -0.1) is 0 Å². The first kappa shape index (κ1) is 11.5. The van der Waals surface area contributed by atoms with Gasteiger partial charge in [-0.2, -0.15) is 0 Å². The van der Waals surface area contributed by atoms with Crippen LogP contribution < -0.4 is 16.6 Å². The lowest BCUT2D eigenvalue weighted by Crippen LogP contribution is -2.35. The van der Waals surface area contributed by atoms with E-state index in [0.717, 1.165) is 0 Å². The Morgan fingerprint density at radius 1 is 1.60 bits per heavy atom. The number of aryl methyl sites for hydroxylation is 1. The zero-order valence-corrected chi connectivity index (χ0v) is 8.86. The van der Waals surface area contributed by atoms with E-state index in [9.17, 15) is 9.59 Å². The Labute approximate surface area is 87.9 Å². The van der Waals surface area contributed by atoms with E-state index in [1.165, 1.54) is 10.6 Å². The molecular weight excluding hydrogens is 194 g/mol. The second-order valence-electron chi connectivity index (χ2n) is 3.37. The Kier molecular flexibility index (Phi) is 3.62. The van der Waals surface area contributed by atoms with Gasteiger partial charge in [0.05, 0.1) is 11.7 Å². The second-order valence-corrected chi connectivity index (χ2v) is 3.37. The standard InChI is InChI=1S/C10H15N3O2/c1-3-8(11)10(15)12-7-4-5-9(14)13(2)6-7/h4-6,8H,3,11H2,1-2H3,(H,12,15).